The molecule has 0 amide bonds. The van der Waals surface area contributed by atoms with E-state index < -0.39 is 28.3 Å². The molecule has 0 saturated heterocycles. The smallest absolute Gasteiger partial charge is 0.338 e. The van der Waals surface area contributed by atoms with Crippen LogP contribution in [0.3, 0.4) is 0 Å². The fourth-order valence-electron chi connectivity index (χ4n) is 3.35. The van der Waals surface area contributed by atoms with E-state index in [1.54, 1.807) is 32.0 Å². The molecule has 0 aliphatic rings. The van der Waals surface area contributed by atoms with Crippen molar-refractivity contribution in [3.8, 4) is 0 Å². The molecule has 32 heavy (non-hydrogen) atoms. The molecular formula is C21H25N5O5S. The van der Waals surface area contributed by atoms with Crippen molar-refractivity contribution in [3.63, 3.8) is 0 Å². The molecule has 0 saturated carbocycles. The van der Waals surface area contributed by atoms with Crippen molar-refractivity contribution < 1.29 is 14.3 Å². The molecule has 2 aromatic heterocycles. The fourth-order valence-corrected chi connectivity index (χ4v) is 4.40. The van der Waals surface area contributed by atoms with E-state index in [1.807, 2.05) is 11.5 Å². The van der Waals surface area contributed by atoms with E-state index in [0.717, 1.165) is 14.7 Å². The number of nitrogen functional groups attached to an aromatic ring is 1. The minimum Gasteiger partial charge on any atom is -0.462 e. The summed E-state index contributed by atoms with van der Waals surface area (Å²) in [5, 5.41) is -0.140. The Labute approximate surface area is 188 Å². The van der Waals surface area contributed by atoms with Crippen LogP contribution >= 0.6 is 11.8 Å². The highest BCUT2D eigenvalue weighted by Crippen LogP contribution is 2.29. The number of imidazole rings is 1. The Balaban J connectivity index is 1.99. The number of carbonyl (C=O) groups excluding carboxylic acids is 2. The van der Waals surface area contributed by atoms with Crippen LogP contribution in [0.1, 0.15) is 41.5 Å². The highest BCUT2D eigenvalue weighted by Gasteiger charge is 2.27. The monoisotopic (exact) mass is 459 g/mol. The van der Waals surface area contributed by atoms with Gasteiger partial charge in [0.15, 0.2) is 10.9 Å². The lowest BCUT2D eigenvalue weighted by Gasteiger charge is -2.14. The van der Waals surface area contributed by atoms with Crippen LogP contribution in [0.15, 0.2) is 32.9 Å². The number of fused-ring (bicyclic) bond motifs is 1. The Hall–Kier alpha value is -3.34. The number of Topliss-reactive ketones (excluding diaryl/α,β-unsaturated/α-hetero) is 1. The predicted octanol–water partition coefficient (Wildman–Crippen LogP) is 1.58. The van der Waals surface area contributed by atoms with E-state index in [-0.39, 0.29) is 18.0 Å². The number of esters is 1. The van der Waals surface area contributed by atoms with Crippen molar-refractivity contribution in [1.82, 2.24) is 18.7 Å². The lowest BCUT2D eigenvalue weighted by Crippen LogP contribution is -2.42. The molecule has 3 rings (SSSR count). The number of thioether (sulfide) groups is 1. The van der Waals surface area contributed by atoms with E-state index in [2.05, 4.69) is 4.98 Å². The first-order valence-corrected chi connectivity index (χ1v) is 10.9. The van der Waals surface area contributed by atoms with E-state index in [0.29, 0.717) is 22.8 Å². The zero-order valence-electron chi connectivity index (χ0n) is 18.5. The number of nitrogens with zero attached hydrogens (tertiary/aromatic N) is 4. The summed E-state index contributed by atoms with van der Waals surface area (Å²) in [7, 11) is 2.71. The van der Waals surface area contributed by atoms with Gasteiger partial charge in [0.2, 0.25) is 0 Å². The van der Waals surface area contributed by atoms with Crippen LogP contribution in [0.25, 0.3) is 11.0 Å². The van der Waals surface area contributed by atoms with Crippen molar-refractivity contribution in [1.29, 1.82) is 0 Å². The Morgan fingerprint density at radius 2 is 1.88 bits per heavy atom. The number of aryl methyl sites for hydroxylation is 1. The molecule has 0 unspecified atom stereocenters. The summed E-state index contributed by atoms with van der Waals surface area (Å²) in [6.07, 6.45) is 0. The van der Waals surface area contributed by atoms with E-state index in [4.69, 9.17) is 10.5 Å². The maximum absolute atomic E-state index is 13.1. The molecule has 11 heteroatoms. The average Bonchev–Trinajstić information content (AvgIpc) is 3.12. The molecule has 0 radical (unpaired) electrons. The van der Waals surface area contributed by atoms with Crippen LogP contribution in [-0.2, 0) is 25.4 Å². The zero-order valence-corrected chi connectivity index (χ0v) is 19.4. The number of ketones is 1. The second-order valence-corrected chi connectivity index (χ2v) is 8.46. The first kappa shape index (κ1) is 23.3. The number of aromatic nitrogens is 4. The zero-order chi connectivity index (χ0) is 23.7. The Kier molecular flexibility index (Phi) is 6.58. The van der Waals surface area contributed by atoms with Gasteiger partial charge in [0.05, 0.1) is 28.5 Å². The van der Waals surface area contributed by atoms with E-state index >= 15 is 0 Å². The molecule has 0 aliphatic heterocycles. The summed E-state index contributed by atoms with van der Waals surface area (Å²) in [4.78, 5) is 54.3. The largest absolute Gasteiger partial charge is 0.462 e. The van der Waals surface area contributed by atoms with Crippen molar-refractivity contribution in [3.05, 3.63) is 50.2 Å². The lowest BCUT2D eigenvalue weighted by molar-refractivity contribution is 0.0526. The van der Waals surface area contributed by atoms with Crippen molar-refractivity contribution >= 4 is 40.4 Å². The third-order valence-electron chi connectivity index (χ3n) is 5.15. The van der Waals surface area contributed by atoms with Crippen LogP contribution in [0.4, 0.5) is 5.82 Å². The van der Waals surface area contributed by atoms with Gasteiger partial charge in [0, 0.05) is 20.6 Å². The molecule has 2 heterocycles. The SMILES string of the molecule is CCOC(=O)c1ccc2c(c1)nc(S[C@@H](C)C(=O)c1c(N)n(C)c(=O)n(C)c1=O)n2CC. The van der Waals surface area contributed by atoms with Gasteiger partial charge < -0.3 is 15.0 Å². The van der Waals surface area contributed by atoms with Crippen molar-refractivity contribution in [2.24, 2.45) is 14.1 Å². The quantitative estimate of drug-likeness (QED) is 0.320. The van der Waals surface area contributed by atoms with E-state index in [9.17, 15) is 19.2 Å². The summed E-state index contributed by atoms with van der Waals surface area (Å²) in [6.45, 7) is 6.19. The molecule has 1 atom stereocenters. The minimum atomic E-state index is -0.730. The third-order valence-corrected chi connectivity index (χ3v) is 6.24. The summed E-state index contributed by atoms with van der Waals surface area (Å²) >= 11 is 1.18. The maximum Gasteiger partial charge on any atom is 0.338 e. The lowest BCUT2D eigenvalue weighted by atomic mass is 10.1. The first-order chi connectivity index (χ1) is 15.1. The normalized spacial score (nSPS) is 12.2. The number of benzene rings is 1. The van der Waals surface area contributed by atoms with Gasteiger partial charge in [-0.3, -0.25) is 18.7 Å². The number of rotatable bonds is 7. The van der Waals surface area contributed by atoms with Crippen molar-refractivity contribution in [2.75, 3.05) is 12.3 Å². The van der Waals surface area contributed by atoms with Crippen LogP contribution in [-0.4, -0.2) is 42.3 Å². The predicted molar refractivity (Wildman–Crippen MR) is 122 cm³/mol. The molecule has 0 spiro atoms. The Morgan fingerprint density at radius 3 is 2.50 bits per heavy atom. The van der Waals surface area contributed by atoms with Crippen LogP contribution in [0.2, 0.25) is 0 Å². The molecular weight excluding hydrogens is 434 g/mol. The van der Waals surface area contributed by atoms with Gasteiger partial charge in [-0.25, -0.2) is 14.6 Å². The molecule has 0 aliphatic carbocycles. The van der Waals surface area contributed by atoms with Gasteiger partial charge in [-0.15, -0.1) is 0 Å². The molecule has 0 fully saturated rings. The molecule has 0 bridgehead atoms. The molecule has 1 aromatic carbocycles. The molecule has 170 valence electrons. The number of hydrogen-bond donors (Lipinski definition) is 1. The summed E-state index contributed by atoms with van der Waals surface area (Å²) < 4.78 is 8.90. The Bertz CT molecular complexity index is 1340. The number of anilines is 1. The van der Waals surface area contributed by atoms with Crippen LogP contribution in [0.5, 0.6) is 0 Å². The van der Waals surface area contributed by atoms with Crippen LogP contribution in [0, 0.1) is 0 Å². The van der Waals surface area contributed by atoms with Crippen LogP contribution < -0.4 is 17.0 Å². The van der Waals surface area contributed by atoms with Gasteiger partial charge in [-0.05, 0) is 39.0 Å². The van der Waals surface area contributed by atoms with Gasteiger partial charge in [-0.2, -0.15) is 0 Å². The highest BCUT2D eigenvalue weighted by molar-refractivity contribution is 8.00. The van der Waals surface area contributed by atoms with Crippen molar-refractivity contribution in [2.45, 2.75) is 37.7 Å². The van der Waals surface area contributed by atoms with Gasteiger partial charge >= 0.3 is 11.7 Å². The van der Waals surface area contributed by atoms with Gasteiger partial charge in [0.25, 0.3) is 5.56 Å². The maximum atomic E-state index is 13.1. The molecule has 10 nitrogen and oxygen atoms in total. The number of hydrogen-bond acceptors (Lipinski definition) is 8. The van der Waals surface area contributed by atoms with Gasteiger partial charge in [0.1, 0.15) is 11.4 Å². The fraction of sp³-hybridized carbons (Fsp3) is 0.381. The van der Waals surface area contributed by atoms with E-state index in [1.165, 1.54) is 25.9 Å². The number of ether oxygens (including phenoxy) is 1. The average molecular weight is 460 g/mol. The summed E-state index contributed by atoms with van der Waals surface area (Å²) in [6, 6.07) is 5.11. The summed E-state index contributed by atoms with van der Waals surface area (Å²) in [5.41, 5.74) is 6.16. The topological polar surface area (TPSA) is 131 Å². The number of carbonyl (C=O) groups is 2. The standard InChI is InChI=1S/C21H25N5O5S/c1-6-26-14-9-8-12(19(29)31-7-2)10-13(14)23-20(26)32-11(3)16(27)15-17(22)24(4)21(30)25(5)18(15)28/h8-11H,6-7,22H2,1-5H3/t11-/m0/s1. The molecule has 3 aromatic rings. The summed E-state index contributed by atoms with van der Waals surface area (Å²) in [5.74, 6) is -1.09. The highest BCUT2D eigenvalue weighted by atomic mass is 32.2. The molecule has 2 N–H and O–H groups in total. The Morgan fingerprint density at radius 1 is 1.19 bits per heavy atom. The minimum absolute atomic E-state index is 0.168. The second kappa shape index (κ2) is 9.03. The number of nitrogens with two attached hydrogens (primary N) is 1. The first-order valence-electron chi connectivity index (χ1n) is 10.1. The van der Waals surface area contributed by atoms with Gasteiger partial charge in [-0.1, -0.05) is 11.8 Å². The third kappa shape index (κ3) is 3.95. The second-order valence-electron chi connectivity index (χ2n) is 7.15.